The number of benzene rings is 2. The lowest BCUT2D eigenvalue weighted by molar-refractivity contribution is -0.166. The van der Waals surface area contributed by atoms with Gasteiger partial charge in [-0.2, -0.15) is 0 Å². The Balaban J connectivity index is 1.69. The lowest BCUT2D eigenvalue weighted by Gasteiger charge is -2.44. The molecule has 0 aliphatic carbocycles. The lowest BCUT2D eigenvalue weighted by atomic mass is 9.99. The molecule has 0 saturated carbocycles. The van der Waals surface area contributed by atoms with Crippen molar-refractivity contribution in [1.29, 1.82) is 0 Å². The minimum absolute atomic E-state index is 0.0398. The first kappa shape index (κ1) is 63.4. The van der Waals surface area contributed by atoms with E-state index in [0.29, 0.717) is 11.3 Å². The molecule has 4 N–H and O–H groups in total. The minimum atomic E-state index is -2.80. The third kappa shape index (κ3) is 18.2. The molecule has 1 aliphatic heterocycles. The first-order valence-electron chi connectivity index (χ1n) is 26.1. The number of rotatable bonds is 23. The second kappa shape index (κ2) is 26.0. The topological polar surface area (TPSA) is 233 Å². The molecule has 21 heteroatoms. The van der Waals surface area contributed by atoms with Gasteiger partial charge in [0, 0.05) is 25.2 Å². The average molecular weight is 1100 g/mol. The van der Waals surface area contributed by atoms with Crippen LogP contribution >= 0.6 is 0 Å². The zero-order valence-corrected chi connectivity index (χ0v) is 50.0. The summed E-state index contributed by atoms with van der Waals surface area (Å²) in [7, 11) is -4.03. The van der Waals surface area contributed by atoms with Crippen molar-refractivity contribution in [2.45, 2.75) is 206 Å². The Morgan fingerprint density at radius 3 is 1.88 bits per heavy atom. The van der Waals surface area contributed by atoms with Crippen LogP contribution in [0.4, 0.5) is 4.79 Å². The second-order valence-electron chi connectivity index (χ2n) is 24.4. The highest BCUT2D eigenvalue weighted by Gasteiger charge is 2.58. The first-order chi connectivity index (χ1) is 35.0. The predicted molar refractivity (Wildman–Crippen MR) is 295 cm³/mol. The number of carbonyl (C=O) groups excluding carboxylic acids is 4. The van der Waals surface area contributed by atoms with Crippen LogP contribution < -0.4 is 31.9 Å². The van der Waals surface area contributed by atoms with Gasteiger partial charge in [0.15, 0.2) is 22.9 Å². The summed E-state index contributed by atoms with van der Waals surface area (Å²) < 4.78 is 45.8. The molecule has 2 aromatic carbocycles. The quantitative estimate of drug-likeness (QED) is 0.0315. The van der Waals surface area contributed by atoms with Crippen molar-refractivity contribution in [2.75, 3.05) is 20.2 Å². The number of esters is 2. The highest BCUT2D eigenvalue weighted by molar-refractivity contribution is 6.74. The van der Waals surface area contributed by atoms with E-state index >= 15 is 0 Å². The summed E-state index contributed by atoms with van der Waals surface area (Å²) >= 11 is 0. The van der Waals surface area contributed by atoms with Crippen LogP contribution in [0.2, 0.25) is 36.3 Å². The van der Waals surface area contributed by atoms with Crippen molar-refractivity contribution in [1.82, 2.24) is 25.1 Å². The normalized spacial score (nSPS) is 18.8. The summed E-state index contributed by atoms with van der Waals surface area (Å²) in [5, 5.41) is 20.6. The van der Waals surface area contributed by atoms with E-state index in [1.54, 1.807) is 97.2 Å². The van der Waals surface area contributed by atoms with Crippen molar-refractivity contribution in [2.24, 2.45) is 0 Å². The van der Waals surface area contributed by atoms with Gasteiger partial charge in [-0.3, -0.25) is 28.3 Å². The van der Waals surface area contributed by atoms with Crippen molar-refractivity contribution >= 4 is 40.6 Å². The van der Waals surface area contributed by atoms with Crippen LogP contribution in [0.5, 0.6) is 5.75 Å². The Morgan fingerprint density at radius 1 is 0.750 bits per heavy atom. The van der Waals surface area contributed by atoms with Gasteiger partial charge in [0.05, 0.1) is 13.7 Å². The molecule has 2 amide bonds. The molecule has 1 fully saturated rings. The number of alkyl carbamates (subject to hydrolysis) is 1. The Labute approximate surface area is 451 Å². The van der Waals surface area contributed by atoms with E-state index in [1.165, 1.54) is 16.8 Å². The maximum Gasteiger partial charge on any atom is 0.408 e. The largest absolute Gasteiger partial charge is 0.497 e. The number of methoxy groups -OCH3 is 1. The SMILES string of the molecule is COc1ccc(Cn2c(=O)ccn([C@@H]3OC([C@H](O)[C@H](NCCCNC(=O)[C@H](CCC(=O)OC(C)(C)C)NC(=O)OCc4ccccc4)C(=O)OC(C)(C)C)[C@@H](O[Si](C)(C)C(C)(C)C)[C@H]3O[Si](C)(C)C(C)(C)C)c2=O)cc1. The number of aromatic nitrogens is 2. The Bertz CT molecular complexity index is 2530. The van der Waals surface area contributed by atoms with Gasteiger partial charge < -0.3 is 53.6 Å². The highest BCUT2D eigenvalue weighted by atomic mass is 28.4. The summed E-state index contributed by atoms with van der Waals surface area (Å²) in [5.41, 5.74) is -1.55. The van der Waals surface area contributed by atoms with Crippen LogP contribution in [-0.2, 0) is 55.3 Å². The van der Waals surface area contributed by atoms with Crippen LogP contribution in [0.25, 0.3) is 0 Å². The van der Waals surface area contributed by atoms with E-state index in [4.69, 9.17) is 32.5 Å². The van der Waals surface area contributed by atoms with Gasteiger partial charge in [0.2, 0.25) is 5.91 Å². The van der Waals surface area contributed by atoms with Crippen LogP contribution in [-0.4, -0.2) is 123 Å². The number of nitrogens with zero attached hydrogens (tertiary/aromatic N) is 2. The fourth-order valence-corrected chi connectivity index (χ4v) is 10.2. The van der Waals surface area contributed by atoms with Crippen LogP contribution in [0, 0.1) is 0 Å². The van der Waals surface area contributed by atoms with Gasteiger partial charge >= 0.3 is 23.7 Å². The molecule has 1 aliphatic rings. The molecular weight excluding hydrogens is 1010 g/mol. The molecule has 76 heavy (non-hydrogen) atoms. The summed E-state index contributed by atoms with van der Waals surface area (Å²) in [6.45, 7) is 31.0. The van der Waals surface area contributed by atoms with Gasteiger partial charge in [-0.25, -0.2) is 9.59 Å². The molecule has 1 unspecified atom stereocenters. The fourth-order valence-electron chi connectivity index (χ4n) is 7.65. The Morgan fingerprint density at radius 2 is 1.33 bits per heavy atom. The van der Waals surface area contributed by atoms with Crippen LogP contribution in [0.1, 0.15) is 120 Å². The number of hydrogen-bond acceptors (Lipinski definition) is 15. The molecule has 3 aromatic rings. The van der Waals surface area contributed by atoms with E-state index in [2.05, 4.69) is 83.7 Å². The number of amides is 2. The Hall–Kier alpha value is -5.17. The highest BCUT2D eigenvalue weighted by Crippen LogP contribution is 2.46. The molecule has 1 aromatic heterocycles. The molecule has 0 bridgehead atoms. The van der Waals surface area contributed by atoms with Gasteiger partial charge in [0.1, 0.15) is 60.1 Å². The average Bonchev–Trinajstić information content (AvgIpc) is 3.63. The Kier molecular flexibility index (Phi) is 21.7. The summed E-state index contributed by atoms with van der Waals surface area (Å²) in [4.78, 5) is 81.9. The van der Waals surface area contributed by atoms with E-state index in [9.17, 15) is 33.9 Å². The molecule has 7 atom stereocenters. The predicted octanol–water partition coefficient (Wildman–Crippen LogP) is 7.33. The molecule has 4 rings (SSSR count). The lowest BCUT2D eigenvalue weighted by Crippen LogP contribution is -2.59. The smallest absolute Gasteiger partial charge is 0.408 e. The summed E-state index contributed by atoms with van der Waals surface area (Å²) in [5.74, 6) is -1.32. The number of ether oxygens (including phenoxy) is 5. The molecule has 424 valence electrons. The maximum absolute atomic E-state index is 14.7. The monoisotopic (exact) mass is 1100 g/mol. The van der Waals surface area contributed by atoms with E-state index < -0.39 is 106 Å². The maximum atomic E-state index is 14.7. The molecule has 0 radical (unpaired) electrons. The first-order valence-corrected chi connectivity index (χ1v) is 31.9. The van der Waals surface area contributed by atoms with E-state index in [0.717, 1.165) is 10.1 Å². The molecule has 1 saturated heterocycles. The zero-order valence-electron chi connectivity index (χ0n) is 48.0. The number of nitrogens with one attached hydrogen (secondary N) is 3. The van der Waals surface area contributed by atoms with Crippen molar-refractivity contribution in [3.8, 4) is 5.75 Å². The molecule has 0 spiro atoms. The van der Waals surface area contributed by atoms with Gasteiger partial charge in [-0.15, -0.1) is 0 Å². The number of hydrogen-bond donors (Lipinski definition) is 4. The fraction of sp³-hybridized carbons (Fsp3) is 0.636. The summed E-state index contributed by atoms with van der Waals surface area (Å²) in [6.07, 6.45) is -5.85. The molecular formula is C55H87N5O14Si2. The number of aliphatic hydroxyl groups excluding tert-OH is 1. The van der Waals surface area contributed by atoms with Crippen LogP contribution in [0.15, 0.2) is 76.4 Å². The van der Waals surface area contributed by atoms with Crippen molar-refractivity contribution in [3.05, 3.63) is 98.8 Å². The van der Waals surface area contributed by atoms with E-state index in [-0.39, 0.29) is 55.6 Å². The van der Waals surface area contributed by atoms with Crippen molar-refractivity contribution in [3.63, 3.8) is 0 Å². The van der Waals surface area contributed by atoms with Gasteiger partial charge in [-0.05, 0) is 120 Å². The van der Waals surface area contributed by atoms with Crippen molar-refractivity contribution < 1.29 is 56.8 Å². The van der Waals surface area contributed by atoms with Gasteiger partial charge in [-0.1, -0.05) is 84.0 Å². The molecule has 2 heterocycles. The number of carbonyl (C=O) groups is 4. The third-order valence-electron chi connectivity index (χ3n) is 13.8. The van der Waals surface area contributed by atoms with E-state index in [1.807, 2.05) is 6.07 Å². The van der Waals surface area contributed by atoms with Crippen LogP contribution in [0.3, 0.4) is 0 Å². The number of aliphatic hydroxyl groups is 1. The minimum Gasteiger partial charge on any atom is -0.497 e. The zero-order chi connectivity index (χ0) is 57.2. The second-order valence-corrected chi connectivity index (χ2v) is 34.0. The molecule has 19 nitrogen and oxygen atoms in total. The van der Waals surface area contributed by atoms with Gasteiger partial charge in [0.25, 0.3) is 5.56 Å². The third-order valence-corrected chi connectivity index (χ3v) is 22.8. The summed E-state index contributed by atoms with van der Waals surface area (Å²) in [6, 6.07) is 14.7. The standard InChI is InChI=1S/C55H87N5O14Si2/c1-52(2,3)71-41(62)29-28-39(58-50(66)69-35-37-22-19-18-20-23-37)47(64)57-32-21-31-56-42(49(65)72-53(4,5)6)43(63)44-45(73-75(14,15)54(7,8)9)46(74-76(16,17)55(10,11)12)48(70-44)59-33-30-40(61)60(51(59)67)34-36-24-26-38(68-13)27-25-36/h18-20,22-27,30,33,39,42-46,48,56,63H,21,28-29,31-32,34-35H2,1-17H3,(H,57,64)(H,58,66)/t39-,42-,43+,44?,45+,46+,48+/m0/s1.